The summed E-state index contributed by atoms with van der Waals surface area (Å²) in [5.74, 6) is 3.07. The summed E-state index contributed by atoms with van der Waals surface area (Å²) in [4.78, 5) is 0. The van der Waals surface area contributed by atoms with E-state index in [1.54, 1.807) is 0 Å². The van der Waals surface area contributed by atoms with Crippen LogP contribution in [0.5, 0.6) is 5.75 Å². The van der Waals surface area contributed by atoms with Gasteiger partial charge in [0, 0.05) is 0 Å². The lowest BCUT2D eigenvalue weighted by Crippen LogP contribution is -2.14. The van der Waals surface area contributed by atoms with Gasteiger partial charge in [-0.3, -0.25) is 0 Å². The lowest BCUT2D eigenvalue weighted by Gasteiger charge is -2.28. The van der Waals surface area contributed by atoms with Gasteiger partial charge in [0.05, 0.1) is 6.61 Å². The fourth-order valence-corrected chi connectivity index (χ4v) is 4.17. The summed E-state index contributed by atoms with van der Waals surface area (Å²) in [6.45, 7) is 5.09. The Morgan fingerprint density at radius 1 is 0.792 bits per heavy atom. The number of hydrogen-bond acceptors (Lipinski definition) is 1. The van der Waals surface area contributed by atoms with Gasteiger partial charge in [0.2, 0.25) is 0 Å². The van der Waals surface area contributed by atoms with Crippen LogP contribution in [-0.2, 0) is 6.42 Å². The molecule has 1 fully saturated rings. The van der Waals surface area contributed by atoms with Crippen molar-refractivity contribution in [2.24, 2.45) is 11.8 Å². The first-order valence-electron chi connectivity index (χ1n) is 10.5. The van der Waals surface area contributed by atoms with Gasteiger partial charge in [-0.1, -0.05) is 83.3 Å². The van der Waals surface area contributed by atoms with Gasteiger partial charge in [0.25, 0.3) is 0 Å². The molecule has 1 saturated carbocycles. The van der Waals surface area contributed by atoms with Crippen molar-refractivity contribution in [2.75, 3.05) is 6.61 Å². The predicted octanol–water partition coefficient (Wildman–Crippen LogP) is 7.18. The zero-order valence-corrected chi connectivity index (χ0v) is 16.1. The molecular formula is C23H38O. The fraction of sp³-hybridized carbons (Fsp3) is 0.739. The molecule has 1 aromatic carbocycles. The number of unbranched alkanes of at least 4 members (excludes halogenated alkanes) is 3. The van der Waals surface area contributed by atoms with Crippen LogP contribution in [0, 0.1) is 11.8 Å². The number of ether oxygens (including phenoxy) is 1. The molecule has 0 saturated heterocycles. The highest BCUT2D eigenvalue weighted by molar-refractivity contribution is 5.27. The maximum atomic E-state index is 5.51. The van der Waals surface area contributed by atoms with Crippen LogP contribution in [0.25, 0.3) is 0 Å². The predicted molar refractivity (Wildman–Crippen MR) is 105 cm³/mol. The summed E-state index contributed by atoms with van der Waals surface area (Å²) in [6.07, 6.45) is 17.2. The maximum Gasteiger partial charge on any atom is 0.119 e. The monoisotopic (exact) mass is 330 g/mol. The molecule has 0 amide bonds. The molecule has 1 aliphatic carbocycles. The summed E-state index contributed by atoms with van der Waals surface area (Å²) in [6, 6.07) is 8.68. The molecular weight excluding hydrogens is 292 g/mol. The second kappa shape index (κ2) is 11.6. The first-order valence-corrected chi connectivity index (χ1v) is 10.5. The Balaban J connectivity index is 1.53. The average Bonchev–Trinajstić information content (AvgIpc) is 2.62. The molecule has 1 nitrogen and oxygen atoms in total. The van der Waals surface area contributed by atoms with Gasteiger partial charge in [-0.2, -0.15) is 0 Å². The van der Waals surface area contributed by atoms with Gasteiger partial charge >= 0.3 is 0 Å². The van der Waals surface area contributed by atoms with Crippen LogP contribution in [0.3, 0.4) is 0 Å². The van der Waals surface area contributed by atoms with Crippen LogP contribution in [0.15, 0.2) is 24.3 Å². The fourth-order valence-electron chi connectivity index (χ4n) is 4.17. The normalized spacial score (nSPS) is 20.9. The second-order valence-electron chi connectivity index (χ2n) is 7.71. The van der Waals surface area contributed by atoms with Gasteiger partial charge in [-0.05, 0) is 49.3 Å². The van der Waals surface area contributed by atoms with Crippen molar-refractivity contribution in [3.8, 4) is 5.75 Å². The van der Waals surface area contributed by atoms with Crippen molar-refractivity contribution in [3.63, 3.8) is 0 Å². The van der Waals surface area contributed by atoms with E-state index in [4.69, 9.17) is 4.74 Å². The molecule has 0 heterocycles. The SMILES string of the molecule is CCCCCC1CCC(CCCCc2ccc(OCC)cc2)CC1. The number of benzene rings is 1. The molecule has 0 bridgehead atoms. The third-order valence-corrected chi connectivity index (χ3v) is 5.74. The van der Waals surface area contributed by atoms with Crippen LogP contribution in [-0.4, -0.2) is 6.61 Å². The van der Waals surface area contributed by atoms with Crippen molar-refractivity contribution in [3.05, 3.63) is 29.8 Å². The van der Waals surface area contributed by atoms with Crippen LogP contribution >= 0.6 is 0 Å². The summed E-state index contributed by atoms with van der Waals surface area (Å²) < 4.78 is 5.51. The molecule has 1 aliphatic rings. The van der Waals surface area contributed by atoms with E-state index < -0.39 is 0 Å². The Bertz CT molecular complexity index is 414. The molecule has 2 rings (SSSR count). The molecule has 0 unspecified atom stereocenters. The maximum absolute atomic E-state index is 5.51. The standard InChI is InChI=1S/C23H38O/c1-3-5-6-9-20-12-14-21(15-13-20)10-7-8-11-22-16-18-23(19-17-22)24-4-2/h16-21H,3-15H2,1-2H3. The van der Waals surface area contributed by atoms with Crippen molar-refractivity contribution in [1.29, 1.82) is 0 Å². The molecule has 0 aromatic heterocycles. The van der Waals surface area contributed by atoms with E-state index in [1.807, 2.05) is 6.92 Å². The van der Waals surface area contributed by atoms with Crippen molar-refractivity contribution >= 4 is 0 Å². The topological polar surface area (TPSA) is 9.23 Å². The average molecular weight is 331 g/mol. The highest BCUT2D eigenvalue weighted by Crippen LogP contribution is 2.34. The minimum Gasteiger partial charge on any atom is -0.494 e. The Hall–Kier alpha value is -0.980. The Morgan fingerprint density at radius 2 is 1.38 bits per heavy atom. The lowest BCUT2D eigenvalue weighted by molar-refractivity contribution is 0.245. The minimum absolute atomic E-state index is 0.750. The number of hydrogen-bond donors (Lipinski definition) is 0. The summed E-state index contributed by atoms with van der Waals surface area (Å²) >= 11 is 0. The van der Waals surface area contributed by atoms with Crippen molar-refractivity contribution in [1.82, 2.24) is 0 Å². The third-order valence-electron chi connectivity index (χ3n) is 5.74. The van der Waals surface area contributed by atoms with Gasteiger partial charge in [-0.15, -0.1) is 0 Å². The van der Waals surface area contributed by atoms with Crippen molar-refractivity contribution < 1.29 is 4.74 Å². The van der Waals surface area contributed by atoms with E-state index in [2.05, 4.69) is 31.2 Å². The largest absolute Gasteiger partial charge is 0.494 e. The van der Waals surface area contributed by atoms with E-state index in [-0.39, 0.29) is 0 Å². The molecule has 1 aromatic rings. The first kappa shape index (κ1) is 19.3. The van der Waals surface area contributed by atoms with Gasteiger partial charge in [0.1, 0.15) is 5.75 Å². The van der Waals surface area contributed by atoms with Crippen LogP contribution in [0.4, 0.5) is 0 Å². The summed E-state index contributed by atoms with van der Waals surface area (Å²) in [5, 5.41) is 0. The Labute approximate surface area is 150 Å². The molecule has 136 valence electrons. The highest BCUT2D eigenvalue weighted by Gasteiger charge is 2.20. The van der Waals surface area contributed by atoms with E-state index in [1.165, 1.54) is 82.6 Å². The smallest absolute Gasteiger partial charge is 0.119 e. The van der Waals surface area contributed by atoms with Gasteiger partial charge in [-0.25, -0.2) is 0 Å². The van der Waals surface area contributed by atoms with E-state index in [0.717, 1.165) is 24.2 Å². The van der Waals surface area contributed by atoms with Gasteiger partial charge in [0.15, 0.2) is 0 Å². The molecule has 0 radical (unpaired) electrons. The van der Waals surface area contributed by atoms with Crippen LogP contribution in [0.2, 0.25) is 0 Å². The summed E-state index contributed by atoms with van der Waals surface area (Å²) in [5.41, 5.74) is 1.46. The Morgan fingerprint density at radius 3 is 1.92 bits per heavy atom. The van der Waals surface area contributed by atoms with E-state index >= 15 is 0 Å². The molecule has 0 atom stereocenters. The van der Waals surface area contributed by atoms with E-state index in [9.17, 15) is 0 Å². The van der Waals surface area contributed by atoms with Crippen molar-refractivity contribution in [2.45, 2.75) is 90.9 Å². The first-order chi connectivity index (χ1) is 11.8. The summed E-state index contributed by atoms with van der Waals surface area (Å²) in [7, 11) is 0. The third kappa shape index (κ3) is 7.28. The van der Waals surface area contributed by atoms with E-state index in [0.29, 0.717) is 0 Å². The van der Waals surface area contributed by atoms with Crippen LogP contribution < -0.4 is 4.74 Å². The number of aryl methyl sites for hydroxylation is 1. The number of rotatable bonds is 11. The quantitative estimate of drug-likeness (QED) is 0.390. The molecule has 0 aliphatic heterocycles. The molecule has 0 N–H and O–H groups in total. The minimum atomic E-state index is 0.750. The zero-order valence-electron chi connectivity index (χ0n) is 16.1. The van der Waals surface area contributed by atoms with Gasteiger partial charge < -0.3 is 4.74 Å². The lowest BCUT2D eigenvalue weighted by atomic mass is 9.78. The molecule has 0 spiro atoms. The van der Waals surface area contributed by atoms with Crippen LogP contribution in [0.1, 0.15) is 90.0 Å². The second-order valence-corrected chi connectivity index (χ2v) is 7.71. The Kier molecular flexibility index (Phi) is 9.31. The highest BCUT2D eigenvalue weighted by atomic mass is 16.5. The zero-order chi connectivity index (χ0) is 17.0. The molecule has 24 heavy (non-hydrogen) atoms. The molecule has 1 heteroatoms.